The van der Waals surface area contributed by atoms with Crippen LogP contribution in [0.5, 0.6) is 5.75 Å². The molecule has 3 rings (SSSR count). The molecule has 164 valence electrons. The van der Waals surface area contributed by atoms with Crippen molar-refractivity contribution in [3.8, 4) is 5.75 Å². The van der Waals surface area contributed by atoms with Crippen molar-refractivity contribution in [2.24, 2.45) is 0 Å². The minimum atomic E-state index is -0.765. The van der Waals surface area contributed by atoms with Gasteiger partial charge in [0.05, 0.1) is 18.7 Å². The van der Waals surface area contributed by atoms with Crippen LogP contribution in [0.4, 0.5) is 4.39 Å². The number of likely N-dealkylation sites (tertiary alicyclic amines) is 1. The third-order valence-electron chi connectivity index (χ3n) is 5.73. The molecule has 0 aliphatic carbocycles. The molecule has 6 heteroatoms. The quantitative estimate of drug-likeness (QED) is 0.291. The standard InChI is InChI=1S/C25H28FNO4/c1-5-6-7-12-27-22(17-8-10-18(26)11-9-17)21(24(29)25(27)30)23(28)19-13-16(3)20(31-4)14-15(19)2/h8-11,13-14,22,28H,5-7,12H2,1-4H3/b23-21+. The molecule has 0 spiro atoms. The van der Waals surface area contributed by atoms with Crippen molar-refractivity contribution in [2.45, 2.75) is 46.1 Å². The number of methoxy groups -OCH3 is 1. The average molecular weight is 426 g/mol. The van der Waals surface area contributed by atoms with Gasteiger partial charge < -0.3 is 14.7 Å². The zero-order valence-corrected chi connectivity index (χ0v) is 18.4. The van der Waals surface area contributed by atoms with Crippen molar-refractivity contribution in [2.75, 3.05) is 13.7 Å². The SMILES string of the molecule is CCCCCN1C(=O)C(=O)/C(=C(/O)c2cc(C)c(OC)cc2C)C1c1ccc(F)cc1. The number of benzene rings is 2. The number of amides is 1. The molecule has 1 fully saturated rings. The first-order valence-corrected chi connectivity index (χ1v) is 10.5. The number of aliphatic hydroxyl groups excluding tert-OH is 1. The monoisotopic (exact) mass is 425 g/mol. The number of ketones is 1. The number of Topliss-reactive ketones (excluding diaryl/α,β-unsaturated/α-hetero) is 1. The molecule has 1 atom stereocenters. The van der Waals surface area contributed by atoms with Crippen molar-refractivity contribution >= 4 is 17.4 Å². The molecule has 0 radical (unpaired) electrons. The van der Waals surface area contributed by atoms with E-state index in [1.54, 1.807) is 38.3 Å². The van der Waals surface area contributed by atoms with E-state index in [0.29, 0.717) is 23.4 Å². The summed E-state index contributed by atoms with van der Waals surface area (Å²) >= 11 is 0. The summed E-state index contributed by atoms with van der Waals surface area (Å²) in [5.41, 5.74) is 2.60. The van der Waals surface area contributed by atoms with Crippen molar-refractivity contribution in [3.05, 3.63) is 70.0 Å². The van der Waals surface area contributed by atoms with Crippen molar-refractivity contribution in [1.82, 2.24) is 4.90 Å². The van der Waals surface area contributed by atoms with E-state index >= 15 is 0 Å². The lowest BCUT2D eigenvalue weighted by Crippen LogP contribution is -2.30. The third kappa shape index (κ3) is 4.33. The Bertz CT molecular complexity index is 1030. The van der Waals surface area contributed by atoms with E-state index in [-0.39, 0.29) is 11.3 Å². The summed E-state index contributed by atoms with van der Waals surface area (Å²) in [7, 11) is 1.57. The van der Waals surface area contributed by atoms with Gasteiger partial charge in [0.15, 0.2) is 0 Å². The van der Waals surface area contributed by atoms with Crippen LogP contribution in [0.25, 0.3) is 5.76 Å². The number of rotatable bonds is 7. The number of hydrogen-bond acceptors (Lipinski definition) is 4. The number of ether oxygens (including phenoxy) is 1. The smallest absolute Gasteiger partial charge is 0.295 e. The van der Waals surface area contributed by atoms with Gasteiger partial charge in [-0.1, -0.05) is 31.9 Å². The fraction of sp³-hybridized carbons (Fsp3) is 0.360. The predicted octanol–water partition coefficient (Wildman–Crippen LogP) is 5.06. The first kappa shape index (κ1) is 22.5. The zero-order valence-electron chi connectivity index (χ0n) is 18.4. The highest BCUT2D eigenvalue weighted by atomic mass is 19.1. The molecule has 31 heavy (non-hydrogen) atoms. The molecule has 1 unspecified atom stereocenters. The van der Waals surface area contributed by atoms with Gasteiger partial charge in [-0.15, -0.1) is 0 Å². The van der Waals surface area contributed by atoms with Crippen LogP contribution in [0.15, 0.2) is 42.0 Å². The van der Waals surface area contributed by atoms with Crippen LogP contribution >= 0.6 is 0 Å². The Hall–Kier alpha value is -3.15. The van der Waals surface area contributed by atoms with Gasteiger partial charge in [-0.2, -0.15) is 0 Å². The van der Waals surface area contributed by atoms with E-state index in [9.17, 15) is 19.1 Å². The van der Waals surface area contributed by atoms with Gasteiger partial charge in [0.1, 0.15) is 17.3 Å². The molecule has 1 heterocycles. The predicted molar refractivity (Wildman–Crippen MR) is 117 cm³/mol. The number of halogens is 1. The summed E-state index contributed by atoms with van der Waals surface area (Å²) in [5.74, 6) is -1.34. The van der Waals surface area contributed by atoms with E-state index in [4.69, 9.17) is 4.74 Å². The minimum absolute atomic E-state index is 0.0285. The summed E-state index contributed by atoms with van der Waals surface area (Å²) in [4.78, 5) is 27.4. The van der Waals surface area contributed by atoms with E-state index < -0.39 is 23.5 Å². The number of unbranched alkanes of at least 4 members (excludes halogenated alkanes) is 2. The van der Waals surface area contributed by atoms with Crippen LogP contribution in [0.2, 0.25) is 0 Å². The van der Waals surface area contributed by atoms with E-state index in [1.807, 2.05) is 6.92 Å². The number of carbonyl (C=O) groups excluding carboxylic acids is 2. The molecule has 5 nitrogen and oxygen atoms in total. The van der Waals surface area contributed by atoms with Gasteiger partial charge >= 0.3 is 0 Å². The molecule has 1 amide bonds. The summed E-state index contributed by atoms with van der Waals surface area (Å²) < 4.78 is 18.9. The van der Waals surface area contributed by atoms with Crippen LogP contribution in [0.3, 0.4) is 0 Å². The first-order chi connectivity index (χ1) is 14.8. The van der Waals surface area contributed by atoms with Gasteiger partial charge in [0, 0.05) is 12.1 Å². The lowest BCUT2D eigenvalue weighted by Gasteiger charge is -2.25. The zero-order chi connectivity index (χ0) is 22.7. The molecule has 1 aliphatic heterocycles. The summed E-state index contributed by atoms with van der Waals surface area (Å²) in [6, 6.07) is 8.47. The Labute approximate surface area is 182 Å². The summed E-state index contributed by atoms with van der Waals surface area (Å²) in [6.07, 6.45) is 2.62. The fourth-order valence-corrected chi connectivity index (χ4v) is 4.04. The maximum atomic E-state index is 13.5. The molecule has 0 aromatic heterocycles. The Morgan fingerprint density at radius 2 is 1.77 bits per heavy atom. The topological polar surface area (TPSA) is 66.8 Å². The fourth-order valence-electron chi connectivity index (χ4n) is 4.04. The molecule has 1 saturated heterocycles. The highest BCUT2D eigenvalue weighted by Gasteiger charge is 2.45. The molecule has 0 bridgehead atoms. The molecule has 1 N–H and O–H groups in total. The molecular weight excluding hydrogens is 397 g/mol. The maximum Gasteiger partial charge on any atom is 0.295 e. The average Bonchev–Trinajstić information content (AvgIpc) is 3.00. The highest BCUT2D eigenvalue weighted by Crippen LogP contribution is 2.40. The second kappa shape index (κ2) is 9.33. The van der Waals surface area contributed by atoms with Crippen LogP contribution < -0.4 is 4.74 Å². The Morgan fingerprint density at radius 3 is 2.39 bits per heavy atom. The normalized spacial score (nSPS) is 18.0. The van der Waals surface area contributed by atoms with E-state index in [2.05, 4.69) is 6.92 Å². The number of carbonyl (C=O) groups is 2. The Morgan fingerprint density at radius 1 is 1.10 bits per heavy atom. The van der Waals surface area contributed by atoms with Crippen LogP contribution in [0, 0.1) is 19.7 Å². The molecule has 2 aromatic rings. The number of aryl methyl sites for hydroxylation is 2. The molecule has 0 saturated carbocycles. The van der Waals surface area contributed by atoms with Gasteiger partial charge in [-0.3, -0.25) is 9.59 Å². The van der Waals surface area contributed by atoms with Gasteiger partial charge in [-0.05, 0) is 61.2 Å². The van der Waals surface area contributed by atoms with Crippen molar-refractivity contribution < 1.29 is 23.8 Å². The summed E-state index contributed by atoms with van der Waals surface area (Å²) in [5, 5.41) is 11.2. The number of aliphatic hydroxyl groups is 1. The highest BCUT2D eigenvalue weighted by molar-refractivity contribution is 6.46. The lowest BCUT2D eigenvalue weighted by molar-refractivity contribution is -0.139. The van der Waals surface area contributed by atoms with Crippen molar-refractivity contribution in [3.63, 3.8) is 0 Å². The van der Waals surface area contributed by atoms with Gasteiger partial charge in [-0.25, -0.2) is 4.39 Å². The van der Waals surface area contributed by atoms with Crippen LogP contribution in [-0.2, 0) is 9.59 Å². The van der Waals surface area contributed by atoms with Crippen molar-refractivity contribution in [1.29, 1.82) is 0 Å². The van der Waals surface area contributed by atoms with Gasteiger partial charge in [0.2, 0.25) is 0 Å². The second-order valence-electron chi connectivity index (χ2n) is 7.89. The van der Waals surface area contributed by atoms with Crippen LogP contribution in [0.1, 0.15) is 54.5 Å². The lowest BCUT2D eigenvalue weighted by atomic mass is 9.93. The van der Waals surface area contributed by atoms with Gasteiger partial charge in [0.25, 0.3) is 11.7 Å². The first-order valence-electron chi connectivity index (χ1n) is 10.5. The Balaban J connectivity index is 2.17. The molecule has 1 aliphatic rings. The Kier molecular flexibility index (Phi) is 6.78. The minimum Gasteiger partial charge on any atom is -0.507 e. The maximum absolute atomic E-state index is 13.5. The third-order valence-corrected chi connectivity index (χ3v) is 5.73. The molecule has 2 aromatic carbocycles. The second-order valence-corrected chi connectivity index (χ2v) is 7.89. The summed E-state index contributed by atoms with van der Waals surface area (Å²) in [6.45, 7) is 6.09. The van der Waals surface area contributed by atoms with E-state index in [0.717, 1.165) is 30.4 Å². The largest absolute Gasteiger partial charge is 0.507 e. The number of hydrogen-bond donors (Lipinski definition) is 1. The van der Waals surface area contributed by atoms with E-state index in [1.165, 1.54) is 17.0 Å². The number of nitrogens with zero attached hydrogens (tertiary/aromatic N) is 1. The molecular formula is C25H28FNO4. The van der Waals surface area contributed by atoms with Crippen LogP contribution in [-0.4, -0.2) is 35.4 Å².